The van der Waals surface area contributed by atoms with Crippen molar-refractivity contribution in [1.29, 1.82) is 0 Å². The minimum Gasteiger partial charge on any atom is -0.258 e. The summed E-state index contributed by atoms with van der Waals surface area (Å²) in [7, 11) is 3.30. The Morgan fingerprint density at radius 2 is 1.63 bits per heavy atom. The number of rotatable bonds is 7. The molecule has 0 spiro atoms. The normalized spacial score (nSPS) is 12.7. The first-order chi connectivity index (χ1) is 13.8. The number of nitro groups is 3. The molecule has 0 amide bonds. The third-order valence-electron chi connectivity index (χ3n) is 4.06. The Morgan fingerprint density at radius 3 is 2.00 bits per heavy atom. The van der Waals surface area contributed by atoms with E-state index in [0.29, 0.717) is 18.0 Å². The van der Waals surface area contributed by atoms with Crippen molar-refractivity contribution in [3.8, 4) is 0 Å². The van der Waals surface area contributed by atoms with Crippen molar-refractivity contribution in [2.24, 2.45) is 29.8 Å². The number of aromatic nitrogens is 4. The molecule has 1 unspecified atom stereocenters. The molecule has 1 heterocycles. The van der Waals surface area contributed by atoms with Crippen molar-refractivity contribution < 1.29 is 19.5 Å². The minimum absolute atomic E-state index is 0.494. The summed E-state index contributed by atoms with van der Waals surface area (Å²) in [5, 5.41) is 49.2. The molecular formula is C14H19N10O6+. The van der Waals surface area contributed by atoms with Gasteiger partial charge in [0.25, 0.3) is 11.5 Å². The van der Waals surface area contributed by atoms with E-state index >= 15 is 0 Å². The second-order valence-electron chi connectivity index (χ2n) is 7.31. The lowest BCUT2D eigenvalue weighted by atomic mass is 9.87. The van der Waals surface area contributed by atoms with E-state index < -0.39 is 49.0 Å². The Bertz CT molecular complexity index is 986. The fourth-order valence-corrected chi connectivity index (χ4v) is 2.63. The number of tetrazole rings is 1. The fraction of sp³-hybridized carbons (Fsp3) is 0.500. The van der Waals surface area contributed by atoms with Gasteiger partial charge in [0.15, 0.2) is 11.3 Å². The number of hydrogen-bond acceptors (Lipinski definition) is 10. The summed E-state index contributed by atoms with van der Waals surface area (Å²) in [6.07, 6.45) is 0. The topological polar surface area (TPSA) is 201 Å². The van der Waals surface area contributed by atoms with Crippen LogP contribution in [-0.2, 0) is 14.1 Å². The van der Waals surface area contributed by atoms with Gasteiger partial charge in [0, 0.05) is 0 Å². The van der Waals surface area contributed by atoms with E-state index in [0.717, 1.165) is 0 Å². The van der Waals surface area contributed by atoms with Gasteiger partial charge < -0.3 is 0 Å². The third-order valence-corrected chi connectivity index (χ3v) is 4.06. The Labute approximate surface area is 168 Å². The summed E-state index contributed by atoms with van der Waals surface area (Å²) in [4.78, 5) is 30.7. The number of non-ortho nitro benzene ring substituents is 1. The molecule has 160 valence electrons. The van der Waals surface area contributed by atoms with Crippen LogP contribution in [0.25, 0.3) is 0 Å². The standard InChI is InChI=1S/C14H19N10O6/c1-14(2,3)12(13-20(4)18-19-21(13)5)16-17-15-11-9(23(27)28)6-8(22(25)26)7-10(11)24(29)30/h6-7,12H,1-5H3,(H,15,16)/q+1. The Morgan fingerprint density at radius 1 is 1.10 bits per heavy atom. The summed E-state index contributed by atoms with van der Waals surface area (Å²) < 4.78 is 2.96. The highest BCUT2D eigenvalue weighted by atomic mass is 16.6. The van der Waals surface area contributed by atoms with Gasteiger partial charge in [-0.25, -0.2) is 5.43 Å². The summed E-state index contributed by atoms with van der Waals surface area (Å²) in [6.45, 7) is 5.58. The van der Waals surface area contributed by atoms with Crippen LogP contribution in [0.3, 0.4) is 0 Å². The van der Waals surface area contributed by atoms with Crippen LogP contribution < -0.4 is 10.1 Å². The Balaban J connectivity index is 2.53. The molecule has 2 rings (SSSR count). The quantitative estimate of drug-likeness (QED) is 0.299. The lowest BCUT2D eigenvalue weighted by Gasteiger charge is -2.23. The van der Waals surface area contributed by atoms with Crippen molar-refractivity contribution in [1.82, 2.24) is 15.1 Å². The molecule has 16 nitrogen and oxygen atoms in total. The van der Waals surface area contributed by atoms with Gasteiger partial charge in [0.2, 0.25) is 5.69 Å². The molecule has 30 heavy (non-hydrogen) atoms. The highest BCUT2D eigenvalue weighted by Crippen LogP contribution is 2.39. The number of nitro benzene ring substituents is 3. The molecular weight excluding hydrogens is 404 g/mol. The lowest BCUT2D eigenvalue weighted by molar-refractivity contribution is -0.740. The smallest absolute Gasteiger partial charge is 0.258 e. The lowest BCUT2D eigenvalue weighted by Crippen LogP contribution is -2.39. The zero-order valence-electron chi connectivity index (χ0n) is 16.7. The van der Waals surface area contributed by atoms with Gasteiger partial charge in [-0.05, 0) is 5.41 Å². The van der Waals surface area contributed by atoms with Crippen molar-refractivity contribution >= 4 is 22.7 Å². The second kappa shape index (κ2) is 8.10. The van der Waals surface area contributed by atoms with Crippen LogP contribution in [0.4, 0.5) is 22.7 Å². The molecule has 2 aromatic rings. The van der Waals surface area contributed by atoms with Gasteiger partial charge in [-0.1, -0.05) is 30.7 Å². The van der Waals surface area contributed by atoms with Crippen molar-refractivity contribution in [2.75, 3.05) is 5.43 Å². The number of anilines is 1. The molecule has 0 aliphatic carbocycles. The summed E-state index contributed by atoms with van der Waals surface area (Å²) in [6, 6.07) is 0.583. The highest BCUT2D eigenvalue weighted by Gasteiger charge is 2.37. The van der Waals surface area contributed by atoms with Crippen LogP contribution in [0, 0.1) is 35.8 Å². The van der Waals surface area contributed by atoms with E-state index in [1.165, 1.54) is 9.36 Å². The average molecular weight is 423 g/mol. The number of hydrogen-bond donors (Lipinski definition) is 1. The molecule has 0 aliphatic rings. The van der Waals surface area contributed by atoms with Gasteiger partial charge in [0.05, 0.1) is 41.0 Å². The molecule has 0 bridgehead atoms. The van der Waals surface area contributed by atoms with Crippen LogP contribution in [0.15, 0.2) is 22.5 Å². The molecule has 0 fully saturated rings. The molecule has 1 aromatic carbocycles. The number of aryl methyl sites for hydroxylation is 2. The predicted octanol–water partition coefficient (Wildman–Crippen LogP) is 1.93. The number of nitrogens with one attached hydrogen (secondary N) is 1. The monoisotopic (exact) mass is 423 g/mol. The number of nitrogens with zero attached hydrogens (tertiary/aromatic N) is 9. The van der Waals surface area contributed by atoms with Gasteiger partial charge in [-0.15, -0.1) is 4.68 Å². The van der Waals surface area contributed by atoms with E-state index in [9.17, 15) is 30.3 Å². The van der Waals surface area contributed by atoms with Crippen LogP contribution >= 0.6 is 0 Å². The van der Waals surface area contributed by atoms with E-state index in [1.54, 1.807) is 14.1 Å². The number of benzene rings is 1. The molecule has 1 N–H and O–H groups in total. The first-order valence-corrected chi connectivity index (χ1v) is 8.37. The van der Waals surface area contributed by atoms with E-state index in [1.807, 2.05) is 20.8 Å². The zero-order valence-corrected chi connectivity index (χ0v) is 16.7. The molecule has 0 aliphatic heterocycles. The van der Waals surface area contributed by atoms with Gasteiger partial charge >= 0.3 is 11.4 Å². The molecule has 0 saturated carbocycles. The Hall–Kier alpha value is -4.11. The fourth-order valence-electron chi connectivity index (χ4n) is 2.63. The first kappa shape index (κ1) is 22.2. The van der Waals surface area contributed by atoms with Crippen LogP contribution in [0.1, 0.15) is 32.6 Å². The maximum Gasteiger partial charge on any atom is 0.308 e. The predicted molar refractivity (Wildman–Crippen MR) is 99.3 cm³/mol. The molecule has 0 saturated heterocycles. The van der Waals surface area contributed by atoms with Crippen molar-refractivity contribution in [2.45, 2.75) is 26.8 Å². The van der Waals surface area contributed by atoms with Crippen LogP contribution in [-0.4, -0.2) is 29.9 Å². The van der Waals surface area contributed by atoms with Crippen molar-refractivity contribution in [3.63, 3.8) is 0 Å². The zero-order chi connectivity index (χ0) is 22.8. The van der Waals surface area contributed by atoms with Crippen molar-refractivity contribution in [3.05, 3.63) is 48.3 Å². The molecule has 1 atom stereocenters. The van der Waals surface area contributed by atoms with E-state index in [4.69, 9.17) is 0 Å². The van der Waals surface area contributed by atoms with E-state index in [2.05, 4.69) is 26.2 Å². The van der Waals surface area contributed by atoms with Crippen LogP contribution in [0.5, 0.6) is 0 Å². The summed E-state index contributed by atoms with van der Waals surface area (Å²) >= 11 is 0. The SMILES string of the molecule is Cn1nn[n+](C)c1C(N=NNc1c([N+](=O)[O-])cc([N+](=O)[O-])cc1[N+](=O)[O-])C(C)(C)C. The van der Waals surface area contributed by atoms with Crippen LogP contribution in [0.2, 0.25) is 0 Å². The van der Waals surface area contributed by atoms with Gasteiger partial charge in [-0.2, -0.15) is 5.11 Å². The summed E-state index contributed by atoms with van der Waals surface area (Å²) in [5.74, 6) is 0.556. The maximum absolute atomic E-state index is 11.3. The maximum atomic E-state index is 11.3. The minimum atomic E-state index is -0.982. The van der Waals surface area contributed by atoms with Gasteiger partial charge in [0.1, 0.15) is 5.21 Å². The largest absolute Gasteiger partial charge is 0.308 e. The first-order valence-electron chi connectivity index (χ1n) is 8.37. The average Bonchev–Trinajstić information content (AvgIpc) is 2.95. The molecule has 1 aromatic heterocycles. The molecule has 0 radical (unpaired) electrons. The second-order valence-corrected chi connectivity index (χ2v) is 7.31. The Kier molecular flexibility index (Phi) is 5.99. The third kappa shape index (κ3) is 4.47. The summed E-state index contributed by atoms with van der Waals surface area (Å²) in [5.41, 5.74) is -1.47. The molecule has 16 heteroatoms. The highest BCUT2D eigenvalue weighted by molar-refractivity contribution is 5.76. The van der Waals surface area contributed by atoms with Gasteiger partial charge in [-0.3, -0.25) is 30.3 Å². The van der Waals surface area contributed by atoms with E-state index in [-0.39, 0.29) is 0 Å².